The Morgan fingerprint density at radius 1 is 1.00 bits per heavy atom. The molecule has 2 aliphatic rings. The second kappa shape index (κ2) is 9.61. The minimum atomic E-state index is -0.0820. The number of rotatable bonds is 4. The highest BCUT2D eigenvalue weighted by molar-refractivity contribution is 5.98. The van der Waals surface area contributed by atoms with Gasteiger partial charge in [0.2, 0.25) is 5.91 Å². The fourth-order valence-corrected chi connectivity index (χ4v) is 4.73. The van der Waals surface area contributed by atoms with Gasteiger partial charge < -0.3 is 20.1 Å². The molecule has 1 atom stereocenters. The summed E-state index contributed by atoms with van der Waals surface area (Å²) < 4.78 is 0. The molecule has 4 heterocycles. The topological polar surface area (TPSA) is 81.3 Å². The number of nitrogens with one attached hydrogen (secondary N) is 2. The Morgan fingerprint density at radius 3 is 2.56 bits per heavy atom. The molecule has 2 fully saturated rings. The van der Waals surface area contributed by atoms with Gasteiger partial charge in [-0.25, -0.2) is 0 Å². The zero-order valence-electron chi connectivity index (χ0n) is 17.9. The molecule has 0 saturated carbocycles. The number of carbonyl (C=O) groups excluding carboxylic acids is 2. The smallest absolute Gasteiger partial charge is 0.251 e. The first kappa shape index (κ1) is 22.1. The summed E-state index contributed by atoms with van der Waals surface area (Å²) in [6, 6.07) is 11.7. The maximum atomic E-state index is 13.0. The largest absolute Gasteiger partial charge is 0.371 e. The highest BCUT2D eigenvalue weighted by atomic mass is 35.5. The summed E-state index contributed by atoms with van der Waals surface area (Å²) in [5, 5.41) is 4.19. The molecule has 5 rings (SSSR count). The predicted octanol–water partition coefficient (Wildman–Crippen LogP) is 3.23. The third-order valence-electron chi connectivity index (χ3n) is 6.52. The number of benzene rings is 1. The summed E-state index contributed by atoms with van der Waals surface area (Å²) in [5.41, 5.74) is 2.76. The van der Waals surface area contributed by atoms with Gasteiger partial charge in [0, 0.05) is 73.5 Å². The number of hydrogen-bond donors (Lipinski definition) is 2. The van der Waals surface area contributed by atoms with Gasteiger partial charge in [0.1, 0.15) is 0 Å². The van der Waals surface area contributed by atoms with Crippen LogP contribution in [0.3, 0.4) is 0 Å². The highest BCUT2D eigenvalue weighted by Gasteiger charge is 2.33. The second-order valence-electron chi connectivity index (χ2n) is 8.49. The van der Waals surface area contributed by atoms with Gasteiger partial charge in [0.05, 0.1) is 0 Å². The number of fused-ring (bicyclic) bond motifs is 1. The predicted molar refractivity (Wildman–Crippen MR) is 127 cm³/mol. The molecule has 0 bridgehead atoms. The number of piperidine rings is 1. The zero-order valence-corrected chi connectivity index (χ0v) is 18.7. The number of H-pyrrole nitrogens is 1. The standard InChI is InChI=1S/C24H27N5O2.ClH/c30-23(19-2-1-17-3-11-26-22(17)15-19)27-20-8-14-29(16-20)24(31)18-6-12-28(13-7-18)21-4-9-25-10-5-21;/h1-5,9-11,15,18,20,26H,6-8,12-14,16H2,(H,27,30);1H. The third kappa shape index (κ3) is 4.58. The molecule has 2 saturated heterocycles. The first-order chi connectivity index (χ1) is 15.2. The summed E-state index contributed by atoms with van der Waals surface area (Å²) >= 11 is 0. The van der Waals surface area contributed by atoms with Gasteiger partial charge in [0.25, 0.3) is 5.91 Å². The van der Waals surface area contributed by atoms with Crippen molar-refractivity contribution in [1.29, 1.82) is 0 Å². The van der Waals surface area contributed by atoms with Crippen molar-refractivity contribution < 1.29 is 9.59 Å². The minimum Gasteiger partial charge on any atom is -0.371 e. The lowest BCUT2D eigenvalue weighted by Gasteiger charge is -2.34. The molecule has 0 aliphatic carbocycles. The third-order valence-corrected chi connectivity index (χ3v) is 6.52. The zero-order chi connectivity index (χ0) is 21.2. The fourth-order valence-electron chi connectivity index (χ4n) is 4.73. The van der Waals surface area contributed by atoms with Crippen LogP contribution in [0.5, 0.6) is 0 Å². The summed E-state index contributed by atoms with van der Waals surface area (Å²) in [7, 11) is 0. The molecule has 168 valence electrons. The Kier molecular flexibility index (Phi) is 6.65. The number of anilines is 1. The number of hydrogen-bond acceptors (Lipinski definition) is 4. The van der Waals surface area contributed by atoms with Gasteiger partial charge in [0.15, 0.2) is 0 Å². The number of pyridine rings is 1. The molecule has 2 N–H and O–H groups in total. The summed E-state index contributed by atoms with van der Waals surface area (Å²) in [4.78, 5) is 37.2. The Balaban J connectivity index is 0.00000245. The average molecular weight is 454 g/mol. The minimum absolute atomic E-state index is 0. The van der Waals surface area contributed by atoms with Gasteiger partial charge >= 0.3 is 0 Å². The van der Waals surface area contributed by atoms with E-state index in [0.29, 0.717) is 18.7 Å². The van der Waals surface area contributed by atoms with Gasteiger partial charge in [-0.1, -0.05) is 6.07 Å². The molecule has 0 spiro atoms. The summed E-state index contributed by atoms with van der Waals surface area (Å²) in [6.07, 6.45) is 8.02. The molecule has 1 aromatic carbocycles. The van der Waals surface area contributed by atoms with E-state index >= 15 is 0 Å². The van der Waals surface area contributed by atoms with E-state index in [0.717, 1.165) is 43.3 Å². The van der Waals surface area contributed by atoms with Crippen molar-refractivity contribution in [2.75, 3.05) is 31.1 Å². The number of halogens is 1. The van der Waals surface area contributed by atoms with Crippen LogP contribution in [0.4, 0.5) is 5.69 Å². The van der Waals surface area contributed by atoms with Crippen molar-refractivity contribution in [3.05, 3.63) is 60.6 Å². The van der Waals surface area contributed by atoms with Gasteiger partial charge in [-0.15, -0.1) is 12.4 Å². The molecular formula is C24H28ClN5O2. The van der Waals surface area contributed by atoms with E-state index in [9.17, 15) is 9.59 Å². The number of nitrogens with zero attached hydrogens (tertiary/aromatic N) is 3. The van der Waals surface area contributed by atoms with Crippen LogP contribution in [-0.4, -0.2) is 58.9 Å². The number of aromatic nitrogens is 2. The van der Waals surface area contributed by atoms with Crippen LogP contribution < -0.4 is 10.2 Å². The Bertz CT molecular complexity index is 1080. The molecule has 32 heavy (non-hydrogen) atoms. The molecule has 3 aromatic rings. The van der Waals surface area contributed by atoms with Crippen molar-refractivity contribution in [1.82, 2.24) is 20.2 Å². The fraction of sp³-hybridized carbons (Fsp3) is 0.375. The van der Waals surface area contributed by atoms with E-state index in [-0.39, 0.29) is 36.2 Å². The first-order valence-corrected chi connectivity index (χ1v) is 11.0. The van der Waals surface area contributed by atoms with Crippen molar-refractivity contribution in [3.8, 4) is 0 Å². The molecular weight excluding hydrogens is 426 g/mol. The molecule has 0 radical (unpaired) electrons. The molecule has 8 heteroatoms. The van der Waals surface area contributed by atoms with Crippen LogP contribution in [-0.2, 0) is 4.79 Å². The van der Waals surface area contributed by atoms with Crippen molar-refractivity contribution >= 4 is 40.8 Å². The SMILES string of the molecule is Cl.O=C(NC1CCN(C(=O)C2CCN(c3ccncc3)CC2)C1)c1ccc2cc[nH]c2c1. The normalized spacial score (nSPS) is 19.1. The molecule has 7 nitrogen and oxygen atoms in total. The van der Waals surface area contributed by atoms with E-state index in [1.807, 2.05) is 47.5 Å². The van der Waals surface area contributed by atoms with Crippen LogP contribution in [0.1, 0.15) is 29.6 Å². The molecule has 1 unspecified atom stereocenters. The number of aromatic amines is 1. The number of likely N-dealkylation sites (tertiary alicyclic amines) is 1. The maximum Gasteiger partial charge on any atom is 0.251 e. The average Bonchev–Trinajstić information content (AvgIpc) is 3.48. The number of amides is 2. The molecule has 2 aliphatic heterocycles. The van der Waals surface area contributed by atoms with Crippen LogP contribution in [0.2, 0.25) is 0 Å². The quantitative estimate of drug-likeness (QED) is 0.635. The second-order valence-corrected chi connectivity index (χ2v) is 8.49. The van der Waals surface area contributed by atoms with E-state index in [1.165, 1.54) is 5.69 Å². The Hall–Kier alpha value is -3.06. The summed E-state index contributed by atoms with van der Waals surface area (Å²) in [5.74, 6) is 0.225. The monoisotopic (exact) mass is 453 g/mol. The van der Waals surface area contributed by atoms with E-state index in [2.05, 4.69) is 20.2 Å². The van der Waals surface area contributed by atoms with E-state index in [1.54, 1.807) is 12.4 Å². The van der Waals surface area contributed by atoms with Crippen molar-refractivity contribution in [2.24, 2.45) is 5.92 Å². The lowest BCUT2D eigenvalue weighted by atomic mass is 9.95. The lowest BCUT2D eigenvalue weighted by molar-refractivity contribution is -0.135. The van der Waals surface area contributed by atoms with Crippen LogP contribution in [0, 0.1) is 5.92 Å². The van der Waals surface area contributed by atoms with Gasteiger partial charge in [-0.05, 0) is 55.0 Å². The summed E-state index contributed by atoms with van der Waals surface area (Å²) in [6.45, 7) is 3.08. The van der Waals surface area contributed by atoms with E-state index in [4.69, 9.17) is 0 Å². The van der Waals surface area contributed by atoms with Crippen LogP contribution in [0.25, 0.3) is 10.9 Å². The van der Waals surface area contributed by atoms with Crippen molar-refractivity contribution in [2.45, 2.75) is 25.3 Å². The first-order valence-electron chi connectivity index (χ1n) is 11.0. The van der Waals surface area contributed by atoms with Crippen LogP contribution >= 0.6 is 12.4 Å². The maximum absolute atomic E-state index is 13.0. The lowest BCUT2D eigenvalue weighted by Crippen LogP contribution is -2.43. The van der Waals surface area contributed by atoms with E-state index < -0.39 is 0 Å². The molecule has 2 aromatic heterocycles. The Labute approximate surface area is 193 Å². The highest BCUT2D eigenvalue weighted by Crippen LogP contribution is 2.25. The number of carbonyl (C=O) groups is 2. The Morgan fingerprint density at radius 2 is 1.78 bits per heavy atom. The molecule has 2 amide bonds. The van der Waals surface area contributed by atoms with Crippen LogP contribution in [0.15, 0.2) is 55.0 Å². The van der Waals surface area contributed by atoms with Gasteiger partial charge in [-0.3, -0.25) is 14.6 Å². The van der Waals surface area contributed by atoms with Crippen molar-refractivity contribution in [3.63, 3.8) is 0 Å². The van der Waals surface area contributed by atoms with Gasteiger partial charge in [-0.2, -0.15) is 0 Å².